The molecule has 8 heteroatoms. The molecule has 0 radical (unpaired) electrons. The molecule has 1 N–H and O–H groups in total. The van der Waals surface area contributed by atoms with Crippen molar-refractivity contribution in [1.82, 2.24) is 9.97 Å². The van der Waals surface area contributed by atoms with Gasteiger partial charge >= 0.3 is 0 Å². The number of nitrogens with zero attached hydrogens (tertiary/aromatic N) is 2. The van der Waals surface area contributed by atoms with E-state index in [0.29, 0.717) is 16.7 Å². The van der Waals surface area contributed by atoms with Gasteiger partial charge in [-0.15, -0.1) is 11.3 Å². The maximum atomic E-state index is 12.2. The molecular weight excluding hydrogens is 362 g/mol. The molecule has 0 unspecified atom stereocenters. The summed E-state index contributed by atoms with van der Waals surface area (Å²) in [6.45, 7) is 0. The number of sulfonamides is 1. The van der Waals surface area contributed by atoms with E-state index in [1.807, 2.05) is 0 Å². The molecule has 3 aromatic rings. The summed E-state index contributed by atoms with van der Waals surface area (Å²) in [4.78, 5) is 8.28. The third-order valence-electron chi connectivity index (χ3n) is 2.53. The smallest absolute Gasteiger partial charge is 0.271 e. The molecule has 102 valence electrons. The van der Waals surface area contributed by atoms with Crippen molar-refractivity contribution in [3.63, 3.8) is 0 Å². The highest BCUT2D eigenvalue weighted by atomic mass is 79.9. The van der Waals surface area contributed by atoms with E-state index < -0.39 is 10.0 Å². The van der Waals surface area contributed by atoms with Crippen LogP contribution in [0.1, 0.15) is 0 Å². The first-order valence-electron chi connectivity index (χ1n) is 5.53. The number of anilines is 1. The maximum absolute atomic E-state index is 12.2. The fraction of sp³-hybridized carbons (Fsp3) is 0. The van der Waals surface area contributed by atoms with Gasteiger partial charge in [0, 0.05) is 12.4 Å². The van der Waals surface area contributed by atoms with E-state index in [-0.39, 0.29) is 4.21 Å². The van der Waals surface area contributed by atoms with E-state index in [4.69, 9.17) is 0 Å². The van der Waals surface area contributed by atoms with Crippen molar-refractivity contribution in [3.8, 4) is 0 Å². The van der Waals surface area contributed by atoms with Crippen molar-refractivity contribution in [2.24, 2.45) is 0 Å². The highest BCUT2D eigenvalue weighted by molar-refractivity contribution is 9.11. The number of fused-ring (bicyclic) bond motifs is 1. The molecule has 0 aliphatic heterocycles. The molecule has 2 heterocycles. The molecule has 0 bridgehead atoms. The van der Waals surface area contributed by atoms with Gasteiger partial charge in [-0.3, -0.25) is 14.7 Å². The highest BCUT2D eigenvalue weighted by Crippen LogP contribution is 2.28. The lowest BCUT2D eigenvalue weighted by Crippen LogP contribution is -2.11. The maximum Gasteiger partial charge on any atom is 0.271 e. The Morgan fingerprint density at radius 1 is 1.05 bits per heavy atom. The van der Waals surface area contributed by atoms with E-state index in [2.05, 4.69) is 30.6 Å². The van der Waals surface area contributed by atoms with Gasteiger partial charge in [0.1, 0.15) is 4.21 Å². The molecule has 0 aliphatic rings. The number of nitrogens with one attached hydrogen (secondary N) is 1. The first kappa shape index (κ1) is 13.5. The Morgan fingerprint density at radius 3 is 2.50 bits per heavy atom. The van der Waals surface area contributed by atoms with Gasteiger partial charge in [-0.2, -0.15) is 0 Å². The van der Waals surface area contributed by atoms with Crippen LogP contribution in [0.2, 0.25) is 0 Å². The van der Waals surface area contributed by atoms with Crippen LogP contribution in [0, 0.1) is 0 Å². The standard InChI is InChI=1S/C12H8BrN3O2S2/c13-11-3-4-12(19-11)20(17,18)16-8-1-2-9-10(7-8)15-6-5-14-9/h1-7,16H. The van der Waals surface area contributed by atoms with Crippen molar-refractivity contribution < 1.29 is 8.42 Å². The number of halogens is 1. The predicted octanol–water partition coefficient (Wildman–Crippen LogP) is 3.25. The summed E-state index contributed by atoms with van der Waals surface area (Å²) in [7, 11) is -3.57. The Hall–Kier alpha value is -1.51. The number of benzene rings is 1. The number of thiophene rings is 1. The summed E-state index contributed by atoms with van der Waals surface area (Å²) < 4.78 is 27.9. The van der Waals surface area contributed by atoms with Gasteiger partial charge in [-0.25, -0.2) is 8.42 Å². The van der Waals surface area contributed by atoms with Gasteiger partial charge in [0.15, 0.2) is 0 Å². The first-order valence-corrected chi connectivity index (χ1v) is 8.63. The summed E-state index contributed by atoms with van der Waals surface area (Å²) in [5, 5.41) is 0. The molecule has 0 aliphatic carbocycles. The van der Waals surface area contributed by atoms with E-state index >= 15 is 0 Å². The van der Waals surface area contributed by atoms with Crippen LogP contribution in [0.3, 0.4) is 0 Å². The minimum atomic E-state index is -3.57. The Labute approximate surface area is 127 Å². The van der Waals surface area contributed by atoms with Crippen LogP contribution in [0.25, 0.3) is 11.0 Å². The van der Waals surface area contributed by atoms with Crippen LogP contribution in [0.5, 0.6) is 0 Å². The molecule has 1 aromatic carbocycles. The van der Waals surface area contributed by atoms with Crippen LogP contribution in [0.4, 0.5) is 5.69 Å². The van der Waals surface area contributed by atoms with Gasteiger partial charge in [0.2, 0.25) is 0 Å². The monoisotopic (exact) mass is 369 g/mol. The summed E-state index contributed by atoms with van der Waals surface area (Å²) in [6, 6.07) is 8.30. The summed E-state index contributed by atoms with van der Waals surface area (Å²) in [5.74, 6) is 0. The van der Waals surface area contributed by atoms with Gasteiger partial charge < -0.3 is 0 Å². The predicted molar refractivity (Wildman–Crippen MR) is 82.4 cm³/mol. The third-order valence-corrected chi connectivity index (χ3v) is 6.03. The summed E-state index contributed by atoms with van der Waals surface area (Å²) >= 11 is 4.41. The van der Waals surface area contributed by atoms with Gasteiger partial charge in [0.25, 0.3) is 10.0 Å². The van der Waals surface area contributed by atoms with Crippen LogP contribution in [-0.4, -0.2) is 18.4 Å². The van der Waals surface area contributed by atoms with Crippen LogP contribution < -0.4 is 4.72 Å². The van der Waals surface area contributed by atoms with Crippen molar-refractivity contribution in [3.05, 3.63) is 46.5 Å². The SMILES string of the molecule is O=S(=O)(Nc1ccc2nccnc2c1)c1ccc(Br)s1. The Kier molecular flexibility index (Phi) is 3.45. The molecule has 20 heavy (non-hydrogen) atoms. The topological polar surface area (TPSA) is 72.0 Å². The number of aromatic nitrogens is 2. The minimum absolute atomic E-state index is 0.253. The normalized spacial score (nSPS) is 11.7. The Balaban J connectivity index is 1.96. The van der Waals surface area contributed by atoms with Gasteiger partial charge in [0.05, 0.1) is 20.5 Å². The molecule has 2 aromatic heterocycles. The largest absolute Gasteiger partial charge is 0.279 e. The lowest BCUT2D eigenvalue weighted by Gasteiger charge is -2.06. The lowest BCUT2D eigenvalue weighted by molar-refractivity contribution is 0.603. The van der Waals surface area contributed by atoms with Gasteiger partial charge in [-0.05, 0) is 46.3 Å². The second kappa shape index (κ2) is 5.12. The lowest BCUT2D eigenvalue weighted by atomic mass is 10.3. The van der Waals surface area contributed by atoms with Crippen molar-refractivity contribution >= 4 is 54.0 Å². The molecule has 5 nitrogen and oxygen atoms in total. The number of rotatable bonds is 3. The third kappa shape index (κ3) is 2.67. The number of hydrogen-bond acceptors (Lipinski definition) is 5. The van der Waals surface area contributed by atoms with E-state index in [9.17, 15) is 8.42 Å². The highest BCUT2D eigenvalue weighted by Gasteiger charge is 2.16. The quantitative estimate of drug-likeness (QED) is 0.768. The molecule has 0 fully saturated rings. The zero-order valence-corrected chi connectivity index (χ0v) is 13.2. The molecule has 3 rings (SSSR count). The zero-order valence-electron chi connectivity index (χ0n) is 9.95. The van der Waals surface area contributed by atoms with Crippen molar-refractivity contribution in [2.75, 3.05) is 4.72 Å². The van der Waals surface area contributed by atoms with Crippen LogP contribution in [0.15, 0.2) is 50.7 Å². The summed E-state index contributed by atoms with van der Waals surface area (Å²) in [6.07, 6.45) is 3.16. The van der Waals surface area contributed by atoms with E-state index in [0.717, 1.165) is 15.1 Å². The molecule has 0 spiro atoms. The fourth-order valence-corrected chi connectivity index (χ4v) is 4.73. The van der Waals surface area contributed by atoms with Crippen molar-refractivity contribution in [2.45, 2.75) is 4.21 Å². The Bertz CT molecular complexity index is 877. The second-order valence-corrected chi connectivity index (χ2v) is 8.30. The van der Waals surface area contributed by atoms with Crippen LogP contribution >= 0.6 is 27.3 Å². The second-order valence-electron chi connectivity index (χ2n) is 3.92. The van der Waals surface area contributed by atoms with Crippen LogP contribution in [-0.2, 0) is 10.0 Å². The van der Waals surface area contributed by atoms with E-state index in [1.165, 1.54) is 0 Å². The molecule has 0 amide bonds. The first-order chi connectivity index (χ1) is 9.54. The fourth-order valence-electron chi connectivity index (χ4n) is 1.67. The van der Waals surface area contributed by atoms with E-state index in [1.54, 1.807) is 42.7 Å². The zero-order chi connectivity index (χ0) is 14.2. The molecule has 0 saturated heterocycles. The summed E-state index contributed by atoms with van der Waals surface area (Å²) in [5.41, 5.74) is 1.82. The minimum Gasteiger partial charge on any atom is -0.279 e. The number of hydrogen-bond donors (Lipinski definition) is 1. The average molecular weight is 370 g/mol. The Morgan fingerprint density at radius 2 is 1.80 bits per heavy atom. The van der Waals surface area contributed by atoms with Gasteiger partial charge in [-0.1, -0.05) is 0 Å². The van der Waals surface area contributed by atoms with Crippen molar-refractivity contribution in [1.29, 1.82) is 0 Å². The molecule has 0 saturated carbocycles. The average Bonchev–Trinajstić information content (AvgIpc) is 2.86. The molecule has 0 atom stereocenters. The molecular formula is C12H8BrN3O2S2.